The zero-order valence-electron chi connectivity index (χ0n) is 17.6. The van der Waals surface area contributed by atoms with Crippen LogP contribution in [-0.2, 0) is 0 Å². The Morgan fingerprint density at radius 3 is 2.03 bits per heavy atom. The Labute approximate surface area is 177 Å². The van der Waals surface area contributed by atoms with Gasteiger partial charge in [-0.3, -0.25) is 4.79 Å². The fraction of sp³-hybridized carbons (Fsp3) is 0.231. The Bertz CT molecular complexity index is 1000. The molecule has 0 amide bonds. The van der Waals surface area contributed by atoms with Crippen LogP contribution < -0.4 is 9.47 Å². The van der Waals surface area contributed by atoms with Crippen LogP contribution in [0.5, 0.6) is 11.5 Å². The molecule has 1 unspecified atom stereocenters. The third-order valence-electron chi connectivity index (χ3n) is 5.03. The summed E-state index contributed by atoms with van der Waals surface area (Å²) in [6.07, 6.45) is 0.829. The first-order valence-corrected chi connectivity index (χ1v) is 10.2. The zero-order chi connectivity index (χ0) is 21.5. The molecule has 4 nitrogen and oxygen atoms in total. The highest BCUT2D eigenvalue weighted by molar-refractivity contribution is 5.98. The van der Waals surface area contributed by atoms with Crippen molar-refractivity contribution in [2.45, 2.75) is 27.2 Å². The second-order valence-corrected chi connectivity index (χ2v) is 7.09. The predicted molar refractivity (Wildman–Crippen MR) is 118 cm³/mol. The van der Waals surface area contributed by atoms with E-state index >= 15 is 0 Å². The van der Waals surface area contributed by atoms with Crippen molar-refractivity contribution in [3.8, 4) is 22.6 Å². The largest absolute Gasteiger partial charge is 0.493 e. The number of Topliss-reactive ketones (excluding diaryl/α,β-unsaturated/α-hetero) is 1. The normalized spacial score (nSPS) is 11.6. The molecule has 0 aliphatic heterocycles. The van der Waals surface area contributed by atoms with Crippen molar-refractivity contribution in [1.82, 2.24) is 0 Å². The molecule has 0 aliphatic carbocycles. The summed E-state index contributed by atoms with van der Waals surface area (Å²) in [5, 5.41) is 0. The van der Waals surface area contributed by atoms with E-state index in [1.165, 1.54) is 0 Å². The Hall–Kier alpha value is -3.40. The number of carbonyl (C=O) groups excluding carboxylic acids is 2. The first-order valence-electron chi connectivity index (χ1n) is 10.2. The van der Waals surface area contributed by atoms with Gasteiger partial charge < -0.3 is 9.47 Å². The SMILES string of the molecule is CCOc1ccccc1C(=O)Oc1ccc(-c2ccc(C(=O)C(C)CC)cc2)cc1. The molecule has 0 N–H and O–H groups in total. The minimum absolute atomic E-state index is 0.0256. The third kappa shape index (κ3) is 4.95. The van der Waals surface area contributed by atoms with E-state index in [0.717, 1.165) is 23.1 Å². The maximum atomic E-state index is 12.5. The van der Waals surface area contributed by atoms with E-state index in [2.05, 4.69) is 0 Å². The summed E-state index contributed by atoms with van der Waals surface area (Å²) in [5.41, 5.74) is 3.10. The van der Waals surface area contributed by atoms with Gasteiger partial charge in [-0.1, -0.05) is 62.4 Å². The molecule has 4 heteroatoms. The molecule has 1 atom stereocenters. The number of para-hydroxylation sites is 1. The van der Waals surface area contributed by atoms with Gasteiger partial charge in [0.1, 0.15) is 17.1 Å². The molecular weight excluding hydrogens is 376 g/mol. The lowest BCUT2D eigenvalue weighted by molar-refractivity contribution is 0.0730. The van der Waals surface area contributed by atoms with Crippen LogP contribution in [0.4, 0.5) is 0 Å². The van der Waals surface area contributed by atoms with Crippen molar-refractivity contribution in [2.75, 3.05) is 6.61 Å². The number of hydrogen-bond donors (Lipinski definition) is 0. The summed E-state index contributed by atoms with van der Waals surface area (Å²) in [7, 11) is 0. The number of ether oxygens (including phenoxy) is 2. The number of esters is 1. The van der Waals surface area contributed by atoms with Gasteiger partial charge in [-0.2, -0.15) is 0 Å². The number of ketones is 1. The Balaban J connectivity index is 1.71. The first kappa shape index (κ1) is 21.3. The summed E-state index contributed by atoms with van der Waals surface area (Å²) >= 11 is 0. The first-order chi connectivity index (χ1) is 14.5. The van der Waals surface area contributed by atoms with Gasteiger partial charge >= 0.3 is 5.97 Å². The van der Waals surface area contributed by atoms with E-state index in [1.807, 2.05) is 63.2 Å². The zero-order valence-corrected chi connectivity index (χ0v) is 17.6. The number of rotatable bonds is 8. The molecule has 3 rings (SSSR count). The van der Waals surface area contributed by atoms with Crippen molar-refractivity contribution in [3.63, 3.8) is 0 Å². The standard InChI is InChI=1S/C26H26O4/c1-4-18(3)25(27)21-12-10-19(11-13-21)20-14-16-22(17-15-20)30-26(28)23-8-6-7-9-24(23)29-5-2/h6-18H,4-5H2,1-3H3. The van der Waals surface area contributed by atoms with Crippen LogP contribution in [-0.4, -0.2) is 18.4 Å². The lowest BCUT2D eigenvalue weighted by atomic mass is 9.95. The molecule has 0 aromatic heterocycles. The van der Waals surface area contributed by atoms with Crippen LogP contribution in [0.1, 0.15) is 47.9 Å². The van der Waals surface area contributed by atoms with Crippen molar-refractivity contribution in [1.29, 1.82) is 0 Å². The molecule has 0 fully saturated rings. The molecule has 3 aromatic carbocycles. The van der Waals surface area contributed by atoms with Crippen molar-refractivity contribution >= 4 is 11.8 Å². The summed E-state index contributed by atoms with van der Waals surface area (Å²) in [6, 6.07) is 21.9. The number of carbonyl (C=O) groups is 2. The average Bonchev–Trinajstić information content (AvgIpc) is 2.79. The number of hydrogen-bond acceptors (Lipinski definition) is 4. The van der Waals surface area contributed by atoms with Gasteiger partial charge in [0.25, 0.3) is 0 Å². The molecule has 154 valence electrons. The molecule has 0 spiro atoms. The maximum absolute atomic E-state index is 12.5. The topological polar surface area (TPSA) is 52.6 Å². The summed E-state index contributed by atoms with van der Waals surface area (Å²) in [6.45, 7) is 6.30. The van der Waals surface area contributed by atoms with Crippen LogP contribution in [0.3, 0.4) is 0 Å². The number of benzene rings is 3. The third-order valence-corrected chi connectivity index (χ3v) is 5.03. The van der Waals surface area contributed by atoms with Gasteiger partial charge in [-0.05, 0) is 48.7 Å². The van der Waals surface area contributed by atoms with Gasteiger partial charge in [0.05, 0.1) is 6.61 Å². The van der Waals surface area contributed by atoms with Crippen molar-refractivity contribution in [3.05, 3.63) is 83.9 Å². The fourth-order valence-corrected chi connectivity index (χ4v) is 3.09. The van der Waals surface area contributed by atoms with Gasteiger partial charge in [0.15, 0.2) is 5.78 Å². The van der Waals surface area contributed by atoms with E-state index in [0.29, 0.717) is 23.7 Å². The summed E-state index contributed by atoms with van der Waals surface area (Å²) in [5.74, 6) is 0.697. The van der Waals surface area contributed by atoms with E-state index in [-0.39, 0.29) is 11.7 Å². The summed E-state index contributed by atoms with van der Waals surface area (Å²) < 4.78 is 11.0. The molecule has 0 saturated heterocycles. The second kappa shape index (κ2) is 9.88. The van der Waals surface area contributed by atoms with Crippen molar-refractivity contribution < 1.29 is 19.1 Å². The Morgan fingerprint density at radius 2 is 1.43 bits per heavy atom. The molecule has 0 aliphatic rings. The van der Waals surface area contributed by atoms with Crippen LogP contribution >= 0.6 is 0 Å². The van der Waals surface area contributed by atoms with Crippen LogP contribution in [0.25, 0.3) is 11.1 Å². The quantitative estimate of drug-likeness (QED) is 0.256. The molecule has 0 radical (unpaired) electrons. The highest BCUT2D eigenvalue weighted by Gasteiger charge is 2.15. The van der Waals surface area contributed by atoms with Crippen molar-refractivity contribution in [2.24, 2.45) is 5.92 Å². The molecule has 0 heterocycles. The van der Waals surface area contributed by atoms with Crippen LogP contribution in [0.2, 0.25) is 0 Å². The van der Waals surface area contributed by atoms with Gasteiger partial charge in [0, 0.05) is 11.5 Å². The highest BCUT2D eigenvalue weighted by atomic mass is 16.5. The highest BCUT2D eigenvalue weighted by Crippen LogP contribution is 2.25. The lowest BCUT2D eigenvalue weighted by Crippen LogP contribution is -2.10. The molecular formula is C26H26O4. The maximum Gasteiger partial charge on any atom is 0.347 e. The van der Waals surface area contributed by atoms with Gasteiger partial charge in [0.2, 0.25) is 0 Å². The van der Waals surface area contributed by atoms with Gasteiger partial charge in [-0.25, -0.2) is 4.79 Å². The lowest BCUT2D eigenvalue weighted by Gasteiger charge is -2.10. The fourth-order valence-electron chi connectivity index (χ4n) is 3.09. The van der Waals surface area contributed by atoms with E-state index < -0.39 is 5.97 Å². The van der Waals surface area contributed by atoms with Gasteiger partial charge in [-0.15, -0.1) is 0 Å². The Kier molecular flexibility index (Phi) is 7.02. The predicted octanol–water partition coefficient (Wildman–Crippen LogP) is 6.20. The van der Waals surface area contributed by atoms with E-state index in [4.69, 9.17) is 9.47 Å². The van der Waals surface area contributed by atoms with E-state index in [1.54, 1.807) is 30.3 Å². The molecule has 0 bridgehead atoms. The average molecular weight is 402 g/mol. The van der Waals surface area contributed by atoms with E-state index in [9.17, 15) is 9.59 Å². The minimum Gasteiger partial charge on any atom is -0.493 e. The molecule has 3 aromatic rings. The molecule has 30 heavy (non-hydrogen) atoms. The Morgan fingerprint density at radius 1 is 0.833 bits per heavy atom. The monoisotopic (exact) mass is 402 g/mol. The summed E-state index contributed by atoms with van der Waals surface area (Å²) in [4.78, 5) is 24.8. The second-order valence-electron chi connectivity index (χ2n) is 7.09. The molecule has 0 saturated carbocycles. The van der Waals surface area contributed by atoms with Crippen LogP contribution in [0.15, 0.2) is 72.8 Å². The minimum atomic E-state index is -0.459. The van der Waals surface area contributed by atoms with Crippen LogP contribution in [0, 0.1) is 5.92 Å². The smallest absolute Gasteiger partial charge is 0.347 e.